The summed E-state index contributed by atoms with van der Waals surface area (Å²) in [4.78, 5) is 3.86. The molecular formula is C26H23N3O. The maximum Gasteiger partial charge on any atom is 0.191 e. The minimum atomic E-state index is 0.510. The molecule has 2 N–H and O–H groups in total. The fourth-order valence-corrected chi connectivity index (χ4v) is 4.21. The third-order valence-corrected chi connectivity index (χ3v) is 6.11. The average molecular weight is 393 g/mol. The van der Waals surface area contributed by atoms with Crippen molar-refractivity contribution < 1.29 is 4.74 Å². The van der Waals surface area contributed by atoms with Gasteiger partial charge in [0.1, 0.15) is 5.75 Å². The molecule has 0 spiro atoms. The van der Waals surface area contributed by atoms with Crippen molar-refractivity contribution in [2.45, 2.75) is 25.7 Å². The van der Waals surface area contributed by atoms with Crippen LogP contribution in [0.25, 0.3) is 32.6 Å². The smallest absolute Gasteiger partial charge is 0.191 e. The zero-order valence-corrected chi connectivity index (χ0v) is 17.1. The first-order chi connectivity index (χ1) is 14.6. The predicted octanol–water partition coefficient (Wildman–Crippen LogP) is 6.62. The van der Waals surface area contributed by atoms with Gasteiger partial charge in [-0.05, 0) is 90.2 Å². The summed E-state index contributed by atoms with van der Waals surface area (Å²) in [6.07, 6.45) is 4.50. The number of ether oxygens (including phenoxy) is 1. The normalized spacial score (nSPS) is 13.4. The van der Waals surface area contributed by atoms with Crippen molar-refractivity contribution in [1.82, 2.24) is 4.57 Å². The molecule has 1 fully saturated rings. The third kappa shape index (κ3) is 2.91. The van der Waals surface area contributed by atoms with Crippen LogP contribution in [0.4, 0.5) is 11.4 Å². The van der Waals surface area contributed by atoms with Gasteiger partial charge in [-0.15, -0.1) is 0 Å². The lowest BCUT2D eigenvalue weighted by atomic mass is 9.97. The van der Waals surface area contributed by atoms with E-state index in [1.165, 1.54) is 18.4 Å². The van der Waals surface area contributed by atoms with Crippen LogP contribution in [-0.4, -0.2) is 11.7 Å². The SMILES string of the molecule is [C-]#[N+]c1cc2c(-c3cccc(N)c3C)cn(-c3ccc(OC)cc3)c2cc1C1CC1. The number of aromatic nitrogens is 1. The van der Waals surface area contributed by atoms with Crippen LogP contribution in [0.2, 0.25) is 0 Å². The molecule has 4 heteroatoms. The highest BCUT2D eigenvalue weighted by Crippen LogP contribution is 2.47. The zero-order chi connectivity index (χ0) is 20.8. The van der Waals surface area contributed by atoms with E-state index in [0.717, 1.165) is 50.4 Å². The third-order valence-electron chi connectivity index (χ3n) is 6.11. The average Bonchev–Trinajstić information content (AvgIpc) is 3.56. The molecule has 1 aromatic heterocycles. The first-order valence-corrected chi connectivity index (χ1v) is 10.2. The molecule has 4 nitrogen and oxygen atoms in total. The summed E-state index contributed by atoms with van der Waals surface area (Å²) in [5.41, 5.74) is 14.3. The Bertz CT molecular complexity index is 1310. The van der Waals surface area contributed by atoms with E-state index in [-0.39, 0.29) is 0 Å². The fourth-order valence-electron chi connectivity index (χ4n) is 4.21. The summed E-state index contributed by atoms with van der Waals surface area (Å²) in [6.45, 7) is 9.78. The Balaban J connectivity index is 1.81. The summed E-state index contributed by atoms with van der Waals surface area (Å²) in [5, 5.41) is 1.08. The molecule has 1 saturated carbocycles. The summed E-state index contributed by atoms with van der Waals surface area (Å²) < 4.78 is 7.54. The highest BCUT2D eigenvalue weighted by molar-refractivity contribution is 6.01. The van der Waals surface area contributed by atoms with Gasteiger partial charge in [-0.25, -0.2) is 4.85 Å². The minimum Gasteiger partial charge on any atom is -0.497 e. The molecule has 1 aliphatic carbocycles. The lowest BCUT2D eigenvalue weighted by Gasteiger charge is -2.09. The number of methoxy groups -OCH3 is 1. The standard InChI is InChI=1S/C26H23N3O/c1-16-20(5-4-6-24(16)27)23-15-29(18-9-11-19(30-3)12-10-18)26-14-21(17-7-8-17)25(28-2)13-22(23)26/h4-6,9-15,17H,7-8,27H2,1,3H3. The van der Waals surface area contributed by atoms with E-state index in [1.54, 1.807) is 7.11 Å². The van der Waals surface area contributed by atoms with Gasteiger partial charge in [-0.3, -0.25) is 0 Å². The van der Waals surface area contributed by atoms with Gasteiger partial charge < -0.3 is 15.0 Å². The van der Waals surface area contributed by atoms with Crippen LogP contribution < -0.4 is 10.5 Å². The lowest BCUT2D eigenvalue weighted by Crippen LogP contribution is -1.93. The van der Waals surface area contributed by atoms with Crippen molar-refractivity contribution in [3.05, 3.63) is 83.3 Å². The number of hydrogen-bond donors (Lipinski definition) is 1. The van der Waals surface area contributed by atoms with Crippen molar-refractivity contribution in [3.8, 4) is 22.6 Å². The molecule has 0 unspecified atom stereocenters. The Morgan fingerprint density at radius 1 is 1.07 bits per heavy atom. The van der Waals surface area contributed by atoms with E-state index in [4.69, 9.17) is 17.0 Å². The topological polar surface area (TPSA) is 44.5 Å². The number of anilines is 1. The maximum absolute atomic E-state index is 7.73. The van der Waals surface area contributed by atoms with Crippen LogP contribution in [0.5, 0.6) is 5.75 Å². The Morgan fingerprint density at radius 2 is 1.83 bits per heavy atom. The number of hydrogen-bond acceptors (Lipinski definition) is 2. The molecule has 3 aromatic carbocycles. The molecule has 5 rings (SSSR count). The van der Waals surface area contributed by atoms with Crippen LogP contribution in [0.3, 0.4) is 0 Å². The molecule has 1 heterocycles. The second-order valence-electron chi connectivity index (χ2n) is 7.94. The monoisotopic (exact) mass is 393 g/mol. The lowest BCUT2D eigenvalue weighted by molar-refractivity contribution is 0.415. The molecule has 0 aliphatic heterocycles. The van der Waals surface area contributed by atoms with Crippen LogP contribution in [0.15, 0.2) is 60.8 Å². The minimum absolute atomic E-state index is 0.510. The Hall–Kier alpha value is -3.71. The predicted molar refractivity (Wildman–Crippen MR) is 123 cm³/mol. The fraction of sp³-hybridized carbons (Fsp3) is 0.192. The highest BCUT2D eigenvalue weighted by Gasteiger charge is 2.27. The molecular weight excluding hydrogens is 370 g/mol. The van der Waals surface area contributed by atoms with E-state index < -0.39 is 0 Å². The highest BCUT2D eigenvalue weighted by atomic mass is 16.5. The number of nitrogens with zero attached hydrogens (tertiary/aromatic N) is 2. The van der Waals surface area contributed by atoms with Gasteiger partial charge in [-0.2, -0.15) is 0 Å². The van der Waals surface area contributed by atoms with Gasteiger partial charge in [0.15, 0.2) is 5.69 Å². The second kappa shape index (κ2) is 6.96. The van der Waals surface area contributed by atoms with Crippen molar-refractivity contribution in [2.75, 3.05) is 12.8 Å². The summed E-state index contributed by atoms with van der Waals surface area (Å²) in [5.74, 6) is 1.34. The first-order valence-electron chi connectivity index (χ1n) is 10.2. The van der Waals surface area contributed by atoms with Crippen molar-refractivity contribution >= 4 is 22.3 Å². The second-order valence-corrected chi connectivity index (χ2v) is 7.94. The first kappa shape index (κ1) is 18.3. The number of fused-ring (bicyclic) bond motifs is 1. The van der Waals surface area contributed by atoms with Crippen molar-refractivity contribution in [3.63, 3.8) is 0 Å². The number of rotatable bonds is 4. The number of nitrogens with two attached hydrogens (primary N) is 1. The van der Waals surface area contributed by atoms with Gasteiger partial charge in [-0.1, -0.05) is 12.1 Å². The van der Waals surface area contributed by atoms with Gasteiger partial charge in [0.2, 0.25) is 0 Å². The number of nitrogen functional groups attached to an aromatic ring is 1. The molecule has 4 aromatic rings. The van der Waals surface area contributed by atoms with Crippen LogP contribution in [0.1, 0.15) is 29.9 Å². The van der Waals surface area contributed by atoms with E-state index in [2.05, 4.69) is 52.9 Å². The molecule has 0 bridgehead atoms. The summed E-state index contributed by atoms with van der Waals surface area (Å²) >= 11 is 0. The molecule has 0 atom stereocenters. The van der Waals surface area contributed by atoms with Gasteiger partial charge in [0.25, 0.3) is 0 Å². The number of benzene rings is 3. The van der Waals surface area contributed by atoms with Crippen LogP contribution in [0, 0.1) is 13.5 Å². The molecule has 0 saturated heterocycles. The largest absolute Gasteiger partial charge is 0.497 e. The van der Waals surface area contributed by atoms with Crippen LogP contribution >= 0.6 is 0 Å². The van der Waals surface area contributed by atoms with Crippen molar-refractivity contribution in [2.24, 2.45) is 0 Å². The Kier molecular flexibility index (Phi) is 4.25. The molecule has 1 aliphatic rings. The van der Waals surface area contributed by atoms with E-state index in [0.29, 0.717) is 5.92 Å². The molecule has 30 heavy (non-hydrogen) atoms. The maximum atomic E-state index is 7.73. The Morgan fingerprint density at radius 3 is 2.50 bits per heavy atom. The van der Waals surface area contributed by atoms with Gasteiger partial charge in [0.05, 0.1) is 19.2 Å². The van der Waals surface area contributed by atoms with E-state index in [1.807, 2.05) is 24.3 Å². The summed E-state index contributed by atoms with van der Waals surface area (Å²) in [6, 6.07) is 18.4. The van der Waals surface area contributed by atoms with Crippen molar-refractivity contribution in [1.29, 1.82) is 0 Å². The van der Waals surface area contributed by atoms with Gasteiger partial charge >= 0.3 is 0 Å². The quantitative estimate of drug-likeness (QED) is 0.313. The molecule has 0 amide bonds. The molecule has 148 valence electrons. The van der Waals surface area contributed by atoms with E-state index >= 15 is 0 Å². The van der Waals surface area contributed by atoms with E-state index in [9.17, 15) is 0 Å². The molecule has 0 radical (unpaired) electrons. The summed E-state index contributed by atoms with van der Waals surface area (Å²) in [7, 11) is 1.68. The van der Waals surface area contributed by atoms with Crippen LogP contribution in [-0.2, 0) is 0 Å². The Labute approximate surface area is 176 Å². The zero-order valence-electron chi connectivity index (χ0n) is 17.1. The van der Waals surface area contributed by atoms with Gasteiger partial charge in [0, 0.05) is 23.1 Å².